The average molecular weight is 616 g/mol. The summed E-state index contributed by atoms with van der Waals surface area (Å²) in [6, 6.07) is 9.37. The molecule has 4 aromatic rings. The van der Waals surface area contributed by atoms with Gasteiger partial charge in [0.05, 0.1) is 23.0 Å². The van der Waals surface area contributed by atoms with Crippen LogP contribution in [0.3, 0.4) is 0 Å². The van der Waals surface area contributed by atoms with Crippen LogP contribution >= 0.6 is 11.6 Å². The largest absolute Gasteiger partial charge is 0.493 e. The maximum atomic E-state index is 13.1. The molecule has 9 nitrogen and oxygen atoms in total. The van der Waals surface area contributed by atoms with Crippen molar-refractivity contribution in [1.82, 2.24) is 19.5 Å². The number of rotatable bonds is 9. The van der Waals surface area contributed by atoms with E-state index in [9.17, 15) is 35.9 Å². The van der Waals surface area contributed by atoms with Gasteiger partial charge in [-0.15, -0.1) is 4.73 Å². The maximum absolute atomic E-state index is 13.1. The Hall–Kier alpha value is -4.53. The fraction of sp³-hybridized carbons (Fsp3) is 0.231. The number of nitrogens with one attached hydrogen (secondary N) is 1. The van der Waals surface area contributed by atoms with Crippen LogP contribution in [0.1, 0.15) is 22.3 Å². The molecule has 4 rings (SSSR count). The summed E-state index contributed by atoms with van der Waals surface area (Å²) in [5.41, 5.74) is -0.561. The number of hydrogen-bond donors (Lipinski definition) is 1. The third kappa shape index (κ3) is 7.81. The predicted octanol–water partition coefficient (Wildman–Crippen LogP) is 5.20. The highest BCUT2D eigenvalue weighted by Gasteiger charge is 2.42. The van der Waals surface area contributed by atoms with Gasteiger partial charge in [0.15, 0.2) is 0 Å². The number of benzene rings is 2. The molecule has 0 fully saturated rings. The summed E-state index contributed by atoms with van der Waals surface area (Å²) in [7, 11) is 1.64. The molecule has 0 aliphatic carbocycles. The molecule has 0 aliphatic rings. The summed E-state index contributed by atoms with van der Waals surface area (Å²) >= 11 is 5.62. The smallest absolute Gasteiger partial charge is 0.457 e. The summed E-state index contributed by atoms with van der Waals surface area (Å²) in [6.07, 6.45) is -5.70. The van der Waals surface area contributed by atoms with E-state index in [1.165, 1.54) is 29.1 Å². The molecule has 1 N–H and O–H groups in total. The van der Waals surface area contributed by atoms with Gasteiger partial charge >= 0.3 is 18.3 Å². The van der Waals surface area contributed by atoms with Crippen molar-refractivity contribution in [2.45, 2.75) is 25.2 Å². The highest BCUT2D eigenvalue weighted by molar-refractivity contribution is 6.31. The van der Waals surface area contributed by atoms with E-state index in [1.807, 2.05) is 0 Å². The van der Waals surface area contributed by atoms with Crippen molar-refractivity contribution in [3.8, 4) is 11.5 Å². The van der Waals surface area contributed by atoms with Crippen LogP contribution in [-0.4, -0.2) is 38.2 Å². The Morgan fingerprint density at radius 3 is 2.31 bits per heavy atom. The monoisotopic (exact) mass is 615 g/mol. The van der Waals surface area contributed by atoms with Gasteiger partial charge in [-0.05, 0) is 47.9 Å². The standard InChI is InChI=1S/C26H20ClF6N5O4/c1-37-13-16(12-35-37)10-17-14-38(42-23(40)26(31,32)33)24(36-22(17)39)34-9-8-15-2-4-18(5-3-15)41-19-6-7-21(27)20(11-19)25(28,29)30/h2-7,11-14H,8-10H2,1H3,(H,34,36,39). The number of hydrogen-bond acceptors (Lipinski definition) is 7. The van der Waals surface area contributed by atoms with Crippen molar-refractivity contribution in [3.05, 3.63) is 98.7 Å². The van der Waals surface area contributed by atoms with Gasteiger partial charge in [0, 0.05) is 31.8 Å². The molecular weight excluding hydrogens is 596 g/mol. The first-order chi connectivity index (χ1) is 19.7. The normalized spacial score (nSPS) is 11.8. The van der Waals surface area contributed by atoms with E-state index in [4.69, 9.17) is 16.3 Å². The zero-order chi connectivity index (χ0) is 30.7. The lowest BCUT2D eigenvalue weighted by molar-refractivity contribution is -0.199. The zero-order valence-corrected chi connectivity index (χ0v) is 22.2. The molecule has 2 heterocycles. The first-order valence-electron chi connectivity index (χ1n) is 12.0. The second-order valence-corrected chi connectivity index (χ2v) is 9.27. The van der Waals surface area contributed by atoms with E-state index in [-0.39, 0.29) is 36.4 Å². The van der Waals surface area contributed by atoms with E-state index in [0.717, 1.165) is 18.3 Å². The molecule has 0 spiro atoms. The van der Waals surface area contributed by atoms with Crippen LogP contribution in [0.15, 0.2) is 65.8 Å². The van der Waals surface area contributed by atoms with Crippen molar-refractivity contribution in [1.29, 1.82) is 0 Å². The molecule has 16 heteroatoms. The Bertz CT molecular complexity index is 1630. The van der Waals surface area contributed by atoms with Crippen LogP contribution in [0, 0.1) is 0 Å². The van der Waals surface area contributed by atoms with Gasteiger partial charge in [-0.25, -0.2) is 4.79 Å². The summed E-state index contributed by atoms with van der Waals surface area (Å²) in [5, 5.41) is 6.17. The predicted molar refractivity (Wildman–Crippen MR) is 137 cm³/mol. The number of aromatic nitrogens is 4. The molecule has 0 radical (unpaired) electrons. The Kier molecular flexibility index (Phi) is 8.80. The lowest BCUT2D eigenvalue weighted by Gasteiger charge is -2.15. The number of halogens is 7. The quantitative estimate of drug-likeness (QED) is 0.258. The minimum absolute atomic E-state index is 0.0223. The second-order valence-electron chi connectivity index (χ2n) is 8.86. The first-order valence-corrected chi connectivity index (χ1v) is 12.3. The molecule has 0 unspecified atom stereocenters. The number of carbonyl (C=O) groups excluding carboxylic acids is 1. The van der Waals surface area contributed by atoms with E-state index in [1.54, 1.807) is 25.4 Å². The minimum Gasteiger partial charge on any atom is -0.457 e. The minimum atomic E-state index is -5.30. The van der Waals surface area contributed by atoms with Gasteiger partial charge in [-0.3, -0.25) is 9.48 Å². The fourth-order valence-electron chi connectivity index (χ4n) is 3.67. The number of carbonyl (C=O) groups is 1. The van der Waals surface area contributed by atoms with Gasteiger partial charge in [-0.1, -0.05) is 23.7 Å². The maximum Gasteiger partial charge on any atom is 0.493 e. The Labute approximate surface area is 238 Å². The van der Waals surface area contributed by atoms with E-state index < -0.39 is 40.4 Å². The molecular formula is C26H20ClF6N5O4. The van der Waals surface area contributed by atoms with Crippen LogP contribution in [0.5, 0.6) is 11.5 Å². The third-order valence-corrected chi connectivity index (χ3v) is 5.96. The van der Waals surface area contributed by atoms with Crippen LogP contribution in [0.4, 0.5) is 32.3 Å². The number of anilines is 1. The summed E-state index contributed by atoms with van der Waals surface area (Å²) in [6.45, 7) is 0.0459. The summed E-state index contributed by atoms with van der Waals surface area (Å²) in [4.78, 5) is 32.2. The molecule has 0 saturated carbocycles. The van der Waals surface area contributed by atoms with Gasteiger partial charge in [0.1, 0.15) is 11.5 Å². The molecule has 2 aromatic carbocycles. The van der Waals surface area contributed by atoms with E-state index in [0.29, 0.717) is 15.9 Å². The Balaban J connectivity index is 1.44. The van der Waals surface area contributed by atoms with Crippen LogP contribution in [0.25, 0.3) is 0 Å². The molecule has 0 amide bonds. The lowest BCUT2D eigenvalue weighted by Crippen LogP contribution is -2.36. The lowest BCUT2D eigenvalue weighted by atomic mass is 10.1. The van der Waals surface area contributed by atoms with Gasteiger partial charge in [0.25, 0.3) is 5.56 Å². The summed E-state index contributed by atoms with van der Waals surface area (Å²) < 4.78 is 85.2. The number of aryl methyl sites for hydroxylation is 1. The van der Waals surface area contributed by atoms with Crippen molar-refractivity contribution >= 4 is 23.5 Å². The molecule has 0 bridgehead atoms. The number of ether oxygens (including phenoxy) is 1. The highest BCUT2D eigenvalue weighted by Crippen LogP contribution is 2.37. The summed E-state index contributed by atoms with van der Waals surface area (Å²) in [5.74, 6) is -2.79. The molecule has 222 valence electrons. The van der Waals surface area contributed by atoms with Gasteiger partial charge in [0.2, 0.25) is 5.95 Å². The van der Waals surface area contributed by atoms with Crippen molar-refractivity contribution in [2.75, 3.05) is 11.9 Å². The number of nitrogens with zero attached hydrogens (tertiary/aromatic N) is 4. The van der Waals surface area contributed by atoms with Crippen LogP contribution in [-0.2, 0) is 30.9 Å². The Morgan fingerprint density at radius 2 is 1.69 bits per heavy atom. The van der Waals surface area contributed by atoms with E-state index >= 15 is 0 Å². The van der Waals surface area contributed by atoms with Crippen molar-refractivity contribution in [2.24, 2.45) is 7.05 Å². The number of alkyl halides is 6. The zero-order valence-electron chi connectivity index (χ0n) is 21.5. The van der Waals surface area contributed by atoms with E-state index in [2.05, 4.69) is 20.2 Å². The molecule has 0 saturated heterocycles. The van der Waals surface area contributed by atoms with Crippen molar-refractivity contribution in [3.63, 3.8) is 0 Å². The Morgan fingerprint density at radius 1 is 1.00 bits per heavy atom. The average Bonchev–Trinajstić information content (AvgIpc) is 3.31. The third-order valence-electron chi connectivity index (χ3n) is 5.63. The second kappa shape index (κ2) is 12.1. The molecule has 42 heavy (non-hydrogen) atoms. The van der Waals surface area contributed by atoms with Crippen molar-refractivity contribution < 1.29 is 40.7 Å². The molecule has 2 aromatic heterocycles. The van der Waals surface area contributed by atoms with Gasteiger partial charge < -0.3 is 14.9 Å². The first kappa shape index (κ1) is 30.4. The topological polar surface area (TPSA) is 100 Å². The highest BCUT2D eigenvalue weighted by atomic mass is 35.5. The fourth-order valence-corrected chi connectivity index (χ4v) is 3.90. The molecule has 0 atom stereocenters. The molecule has 0 aliphatic heterocycles. The van der Waals surface area contributed by atoms with Gasteiger partial charge in [-0.2, -0.15) is 36.4 Å². The van der Waals surface area contributed by atoms with Crippen LogP contribution < -0.4 is 20.5 Å². The SMILES string of the molecule is Cn1cc(Cc2cn(OC(=O)C(F)(F)F)c(NCCc3ccc(Oc4ccc(Cl)c(C(F)(F)F)c4)cc3)nc2=O)cn1. The van der Waals surface area contributed by atoms with Crippen LogP contribution in [0.2, 0.25) is 5.02 Å².